The van der Waals surface area contributed by atoms with Gasteiger partial charge in [-0.3, -0.25) is 4.90 Å². The van der Waals surface area contributed by atoms with Crippen LogP contribution < -0.4 is 4.74 Å². The zero-order chi connectivity index (χ0) is 19.0. The molecule has 0 spiro atoms. The van der Waals surface area contributed by atoms with Crippen LogP contribution in [0.2, 0.25) is 0 Å². The number of ether oxygens (including phenoxy) is 1. The molecule has 0 N–H and O–H groups in total. The Bertz CT molecular complexity index is 806. The number of likely N-dealkylation sites (tertiary alicyclic amines) is 1. The monoisotopic (exact) mass is 391 g/mol. The van der Waals surface area contributed by atoms with Gasteiger partial charge in [-0.1, -0.05) is 61.4 Å². The number of rotatable bonds is 7. The van der Waals surface area contributed by atoms with E-state index in [1.54, 1.807) is 0 Å². The highest BCUT2D eigenvalue weighted by molar-refractivity contribution is 7.10. The van der Waals surface area contributed by atoms with E-state index in [4.69, 9.17) is 4.74 Å². The molecule has 1 aromatic heterocycles. The summed E-state index contributed by atoms with van der Waals surface area (Å²) in [5, 5.41) is 2.16. The second kappa shape index (κ2) is 9.90. The summed E-state index contributed by atoms with van der Waals surface area (Å²) in [7, 11) is 0. The van der Waals surface area contributed by atoms with Crippen LogP contribution in [0.3, 0.4) is 0 Å². The average Bonchev–Trinajstić information content (AvgIpc) is 3.13. The van der Waals surface area contributed by atoms with Gasteiger partial charge in [0.2, 0.25) is 0 Å². The largest absolute Gasteiger partial charge is 0.492 e. The van der Waals surface area contributed by atoms with Crippen LogP contribution in [-0.4, -0.2) is 31.1 Å². The van der Waals surface area contributed by atoms with Gasteiger partial charge in [-0.25, -0.2) is 0 Å². The molecule has 0 aliphatic carbocycles. The molecule has 1 aliphatic rings. The number of hydrogen-bond acceptors (Lipinski definition) is 3. The minimum atomic E-state index is 0.285. The maximum Gasteiger partial charge on any atom is 0.119 e. The van der Waals surface area contributed by atoms with Crippen molar-refractivity contribution in [3.8, 4) is 5.75 Å². The molecule has 3 heteroatoms. The summed E-state index contributed by atoms with van der Waals surface area (Å²) in [6.07, 6.45) is 5.42. The molecule has 2 nitrogen and oxygen atoms in total. The van der Waals surface area contributed by atoms with E-state index in [-0.39, 0.29) is 5.92 Å². The van der Waals surface area contributed by atoms with E-state index >= 15 is 0 Å². The first kappa shape index (κ1) is 19.2. The lowest BCUT2D eigenvalue weighted by molar-refractivity contribution is 0.214. The van der Waals surface area contributed by atoms with Crippen molar-refractivity contribution in [3.05, 3.63) is 88.1 Å². The fourth-order valence-corrected chi connectivity index (χ4v) is 4.91. The van der Waals surface area contributed by atoms with Crippen LogP contribution in [0.1, 0.15) is 47.6 Å². The Kier molecular flexibility index (Phi) is 6.80. The van der Waals surface area contributed by atoms with Gasteiger partial charge in [0.15, 0.2) is 0 Å². The van der Waals surface area contributed by atoms with Crippen molar-refractivity contribution in [2.45, 2.75) is 31.6 Å². The molecular formula is C25H29NOS. The normalized spacial score (nSPS) is 16.4. The topological polar surface area (TPSA) is 12.5 Å². The molecule has 0 saturated carbocycles. The lowest BCUT2D eigenvalue weighted by Crippen LogP contribution is -2.29. The van der Waals surface area contributed by atoms with Crippen LogP contribution in [-0.2, 0) is 0 Å². The highest BCUT2D eigenvalue weighted by Gasteiger charge is 2.17. The predicted octanol–water partition coefficient (Wildman–Crippen LogP) is 6.18. The summed E-state index contributed by atoms with van der Waals surface area (Å²) in [6, 6.07) is 23.8. The highest BCUT2D eigenvalue weighted by atomic mass is 32.1. The Morgan fingerprint density at radius 1 is 0.786 bits per heavy atom. The summed E-state index contributed by atoms with van der Waals surface area (Å²) in [6.45, 7) is 4.25. The molecule has 1 atom stereocenters. The first-order chi connectivity index (χ1) is 13.9. The second-order valence-corrected chi connectivity index (χ2v) is 8.51. The number of thiophene rings is 1. The van der Waals surface area contributed by atoms with Crippen LogP contribution in [0.4, 0.5) is 0 Å². The van der Waals surface area contributed by atoms with Gasteiger partial charge in [0.1, 0.15) is 12.4 Å². The molecule has 4 rings (SSSR count). The fourth-order valence-electron chi connectivity index (χ4n) is 4.03. The minimum absolute atomic E-state index is 0.285. The minimum Gasteiger partial charge on any atom is -0.492 e. The lowest BCUT2D eigenvalue weighted by Gasteiger charge is -2.20. The molecule has 1 saturated heterocycles. The van der Waals surface area contributed by atoms with E-state index in [0.717, 1.165) is 18.9 Å². The standard InChI is InChI=1S/C25H29NOS/c1-2-7-17-26(16-6-1)18-19-27-23-14-12-22(13-15-23)25(24-11-8-20-28-24)21-9-4-3-5-10-21/h3-5,8-15,20,25H,1-2,6-7,16-19H2. The molecule has 0 bridgehead atoms. The van der Waals surface area contributed by atoms with Crippen molar-refractivity contribution in [3.63, 3.8) is 0 Å². The quantitative estimate of drug-likeness (QED) is 0.476. The van der Waals surface area contributed by atoms with Crippen molar-refractivity contribution in [1.29, 1.82) is 0 Å². The summed E-state index contributed by atoms with van der Waals surface area (Å²) in [5.41, 5.74) is 2.65. The van der Waals surface area contributed by atoms with Crippen molar-refractivity contribution in [2.75, 3.05) is 26.2 Å². The van der Waals surface area contributed by atoms with Gasteiger partial charge >= 0.3 is 0 Å². The maximum atomic E-state index is 6.04. The summed E-state index contributed by atoms with van der Waals surface area (Å²) < 4.78 is 6.04. The van der Waals surface area contributed by atoms with E-state index in [2.05, 4.69) is 77.0 Å². The number of benzene rings is 2. The molecule has 1 unspecified atom stereocenters. The fraction of sp³-hybridized carbons (Fsp3) is 0.360. The SMILES string of the molecule is c1ccc(C(c2ccc(OCCN3CCCCCC3)cc2)c2cccs2)cc1. The second-order valence-electron chi connectivity index (χ2n) is 7.53. The van der Waals surface area contributed by atoms with E-state index in [1.165, 1.54) is 54.8 Å². The Balaban J connectivity index is 1.41. The Hall–Kier alpha value is -2.10. The van der Waals surface area contributed by atoms with Gasteiger partial charge in [-0.05, 0) is 60.6 Å². The molecule has 3 aromatic rings. The molecule has 1 fully saturated rings. The van der Waals surface area contributed by atoms with Gasteiger partial charge in [0, 0.05) is 17.3 Å². The van der Waals surface area contributed by atoms with Gasteiger partial charge in [0.25, 0.3) is 0 Å². The van der Waals surface area contributed by atoms with Crippen molar-refractivity contribution >= 4 is 11.3 Å². The highest BCUT2D eigenvalue weighted by Crippen LogP contribution is 2.35. The lowest BCUT2D eigenvalue weighted by atomic mass is 9.90. The molecule has 0 radical (unpaired) electrons. The van der Waals surface area contributed by atoms with Crippen LogP contribution in [0, 0.1) is 0 Å². The number of hydrogen-bond donors (Lipinski definition) is 0. The summed E-state index contributed by atoms with van der Waals surface area (Å²) in [5.74, 6) is 1.25. The molecule has 2 heterocycles. The van der Waals surface area contributed by atoms with Crippen molar-refractivity contribution in [1.82, 2.24) is 4.90 Å². The first-order valence-corrected chi connectivity index (χ1v) is 11.3. The molecule has 2 aromatic carbocycles. The van der Waals surface area contributed by atoms with Gasteiger partial charge < -0.3 is 4.74 Å². The van der Waals surface area contributed by atoms with Crippen LogP contribution in [0.5, 0.6) is 5.75 Å². The third-order valence-corrected chi connectivity index (χ3v) is 6.49. The molecule has 1 aliphatic heterocycles. The van der Waals surface area contributed by atoms with Gasteiger partial charge in [-0.15, -0.1) is 11.3 Å². The van der Waals surface area contributed by atoms with E-state index < -0.39 is 0 Å². The molecule has 146 valence electrons. The first-order valence-electron chi connectivity index (χ1n) is 10.4. The Morgan fingerprint density at radius 2 is 1.50 bits per heavy atom. The zero-order valence-electron chi connectivity index (χ0n) is 16.4. The predicted molar refractivity (Wildman–Crippen MR) is 119 cm³/mol. The average molecular weight is 392 g/mol. The Morgan fingerprint density at radius 3 is 2.18 bits per heavy atom. The van der Waals surface area contributed by atoms with Gasteiger partial charge in [0.05, 0.1) is 0 Å². The molecule has 28 heavy (non-hydrogen) atoms. The molecular weight excluding hydrogens is 362 g/mol. The summed E-state index contributed by atoms with van der Waals surface area (Å²) in [4.78, 5) is 3.92. The van der Waals surface area contributed by atoms with E-state index in [1.807, 2.05) is 11.3 Å². The van der Waals surface area contributed by atoms with E-state index in [9.17, 15) is 0 Å². The van der Waals surface area contributed by atoms with Crippen LogP contribution >= 0.6 is 11.3 Å². The van der Waals surface area contributed by atoms with E-state index in [0.29, 0.717) is 0 Å². The summed E-state index contributed by atoms with van der Waals surface area (Å²) >= 11 is 1.82. The van der Waals surface area contributed by atoms with Gasteiger partial charge in [-0.2, -0.15) is 0 Å². The maximum absolute atomic E-state index is 6.04. The Labute approximate surface area is 172 Å². The van der Waals surface area contributed by atoms with Crippen LogP contribution in [0.15, 0.2) is 72.1 Å². The van der Waals surface area contributed by atoms with Crippen LogP contribution in [0.25, 0.3) is 0 Å². The van der Waals surface area contributed by atoms with Crippen molar-refractivity contribution < 1.29 is 4.74 Å². The zero-order valence-corrected chi connectivity index (χ0v) is 17.2. The number of nitrogens with zero attached hydrogens (tertiary/aromatic N) is 1. The smallest absolute Gasteiger partial charge is 0.119 e. The van der Waals surface area contributed by atoms with Crippen molar-refractivity contribution in [2.24, 2.45) is 0 Å². The third kappa shape index (κ3) is 5.03. The molecule has 0 amide bonds. The third-order valence-electron chi connectivity index (χ3n) is 5.55.